The minimum atomic E-state index is -4.81. The number of hydrazine groups is 1. The van der Waals surface area contributed by atoms with Gasteiger partial charge in [-0.15, -0.1) is 0 Å². The number of hydrogen-bond donors (Lipinski definition) is 1. The second kappa shape index (κ2) is 7.46. The van der Waals surface area contributed by atoms with Crippen LogP contribution in [0.15, 0.2) is 18.2 Å². The number of anilines is 2. The number of carbonyl (C=O) groups is 2. The number of aryl methyl sites for hydroxylation is 1. The first-order valence-electron chi connectivity index (χ1n) is 8.32. The Morgan fingerprint density at radius 2 is 1.87 bits per heavy atom. The summed E-state index contributed by atoms with van der Waals surface area (Å²) in [4.78, 5) is 32.5. The first kappa shape index (κ1) is 21.3. The van der Waals surface area contributed by atoms with Crippen molar-refractivity contribution in [1.29, 1.82) is 0 Å². The molecule has 1 aliphatic rings. The fourth-order valence-corrected chi connectivity index (χ4v) is 2.83. The molecule has 1 N–H and O–H groups in total. The topological polar surface area (TPSA) is 78.4 Å². The molecule has 1 aromatic carbocycles. The van der Waals surface area contributed by atoms with E-state index in [1.165, 1.54) is 6.92 Å². The molecule has 0 aliphatic carbocycles. The van der Waals surface area contributed by atoms with Crippen molar-refractivity contribution in [2.75, 3.05) is 17.0 Å². The predicted octanol–water partition coefficient (Wildman–Crippen LogP) is 2.49. The molecule has 2 heterocycles. The summed E-state index contributed by atoms with van der Waals surface area (Å²) in [6.07, 6.45) is -5.32. The van der Waals surface area contributed by atoms with E-state index in [2.05, 4.69) is 15.4 Å². The van der Waals surface area contributed by atoms with Crippen molar-refractivity contribution in [2.45, 2.75) is 25.6 Å². The van der Waals surface area contributed by atoms with Gasteiger partial charge in [0.15, 0.2) is 17.5 Å². The molecule has 0 spiro atoms. The van der Waals surface area contributed by atoms with Gasteiger partial charge in [-0.3, -0.25) is 15.0 Å². The van der Waals surface area contributed by atoms with E-state index in [-0.39, 0.29) is 5.69 Å². The lowest BCUT2D eigenvalue weighted by molar-refractivity contribution is -0.141. The van der Waals surface area contributed by atoms with E-state index in [0.29, 0.717) is 17.0 Å². The van der Waals surface area contributed by atoms with Crippen LogP contribution in [0.1, 0.15) is 17.8 Å². The van der Waals surface area contributed by atoms with Crippen molar-refractivity contribution in [3.63, 3.8) is 0 Å². The Morgan fingerprint density at radius 3 is 2.50 bits per heavy atom. The van der Waals surface area contributed by atoms with Crippen LogP contribution < -0.4 is 15.3 Å². The second-order valence-corrected chi connectivity index (χ2v) is 6.41. The van der Waals surface area contributed by atoms with Crippen LogP contribution in [0, 0.1) is 24.4 Å². The van der Waals surface area contributed by atoms with Crippen LogP contribution in [0.4, 0.5) is 38.0 Å². The van der Waals surface area contributed by atoms with Crippen molar-refractivity contribution in [3.8, 4) is 0 Å². The number of halogens is 6. The third-order valence-electron chi connectivity index (χ3n) is 4.28. The first-order valence-corrected chi connectivity index (χ1v) is 8.32. The van der Waals surface area contributed by atoms with Gasteiger partial charge in [0.1, 0.15) is 11.7 Å². The fourth-order valence-electron chi connectivity index (χ4n) is 2.83. The fraction of sp³-hybridized carbons (Fsp3) is 0.294. The number of aromatic nitrogens is 2. The van der Waals surface area contributed by atoms with E-state index in [4.69, 9.17) is 0 Å². The van der Waals surface area contributed by atoms with Crippen LogP contribution in [0.25, 0.3) is 0 Å². The van der Waals surface area contributed by atoms with Crippen LogP contribution >= 0.6 is 0 Å². The molecular formula is C17H13F6N5O2. The van der Waals surface area contributed by atoms with Crippen molar-refractivity contribution >= 4 is 23.5 Å². The molecule has 1 aliphatic heterocycles. The van der Waals surface area contributed by atoms with Gasteiger partial charge < -0.3 is 4.90 Å². The average molecular weight is 433 g/mol. The molecule has 160 valence electrons. The van der Waals surface area contributed by atoms with Gasteiger partial charge in [-0.2, -0.15) is 13.2 Å². The molecule has 13 heteroatoms. The molecule has 1 atom stereocenters. The molecule has 1 aromatic heterocycles. The van der Waals surface area contributed by atoms with Gasteiger partial charge in [-0.25, -0.2) is 28.1 Å². The van der Waals surface area contributed by atoms with E-state index >= 15 is 0 Å². The number of amides is 2. The highest BCUT2D eigenvalue weighted by molar-refractivity contribution is 6.03. The first-order chi connectivity index (χ1) is 13.9. The lowest BCUT2D eigenvalue weighted by atomic mass is 10.1. The molecule has 1 unspecified atom stereocenters. The standard InChI is InChI=1S/C17H13F6N5O2/c1-7-5-11(17(21,22)23)25-16(24-7)28-10(6-12(29)26-28)15(30)27(2)9-4-3-8(18)13(19)14(9)20/h3-5,10H,6H2,1-2H3,(H,26,29). The number of carbonyl (C=O) groups excluding carboxylic acids is 2. The number of nitrogens with one attached hydrogen (secondary N) is 1. The SMILES string of the molecule is Cc1cc(C(F)(F)F)nc(N2NC(=O)CC2C(=O)N(C)c2ccc(F)c(F)c2F)n1. The minimum Gasteiger partial charge on any atom is -0.311 e. The molecule has 0 saturated carbocycles. The third kappa shape index (κ3) is 3.86. The van der Waals surface area contributed by atoms with Crippen LogP contribution in [0.2, 0.25) is 0 Å². The van der Waals surface area contributed by atoms with Gasteiger partial charge in [0, 0.05) is 12.7 Å². The number of hydrogen-bond acceptors (Lipinski definition) is 5. The molecule has 2 aromatic rings. The zero-order valence-corrected chi connectivity index (χ0v) is 15.4. The summed E-state index contributed by atoms with van der Waals surface area (Å²) in [6.45, 7) is 1.26. The van der Waals surface area contributed by atoms with Gasteiger partial charge in [0.2, 0.25) is 11.9 Å². The van der Waals surface area contributed by atoms with E-state index in [9.17, 15) is 35.9 Å². The third-order valence-corrected chi connectivity index (χ3v) is 4.28. The summed E-state index contributed by atoms with van der Waals surface area (Å²) >= 11 is 0. The van der Waals surface area contributed by atoms with Crippen LogP contribution in [-0.4, -0.2) is 34.9 Å². The summed E-state index contributed by atoms with van der Waals surface area (Å²) in [5.74, 6) is -7.24. The number of likely N-dealkylation sites (N-methyl/N-ethyl adjacent to an activating group) is 1. The highest BCUT2D eigenvalue weighted by Crippen LogP contribution is 2.30. The maximum Gasteiger partial charge on any atom is 0.433 e. The maximum absolute atomic E-state index is 14.0. The minimum absolute atomic E-state index is 0.0836. The van der Waals surface area contributed by atoms with Crippen LogP contribution in [0.3, 0.4) is 0 Å². The highest BCUT2D eigenvalue weighted by atomic mass is 19.4. The Bertz CT molecular complexity index is 1030. The van der Waals surface area contributed by atoms with E-state index in [1.54, 1.807) is 0 Å². The molecule has 0 radical (unpaired) electrons. The Kier molecular flexibility index (Phi) is 5.31. The number of benzene rings is 1. The lowest BCUT2D eigenvalue weighted by Gasteiger charge is -2.27. The number of nitrogens with zero attached hydrogens (tertiary/aromatic N) is 4. The van der Waals surface area contributed by atoms with Crippen LogP contribution in [0.5, 0.6) is 0 Å². The number of alkyl halides is 3. The summed E-state index contributed by atoms with van der Waals surface area (Å²) in [5.41, 5.74) is 0.172. The van der Waals surface area contributed by atoms with E-state index in [0.717, 1.165) is 18.1 Å². The molecule has 7 nitrogen and oxygen atoms in total. The second-order valence-electron chi connectivity index (χ2n) is 6.41. The van der Waals surface area contributed by atoms with E-state index < -0.39 is 65.2 Å². The summed E-state index contributed by atoms with van der Waals surface area (Å²) < 4.78 is 79.8. The highest BCUT2D eigenvalue weighted by Gasteiger charge is 2.41. The van der Waals surface area contributed by atoms with Gasteiger partial charge in [0.25, 0.3) is 5.91 Å². The quantitative estimate of drug-likeness (QED) is 0.595. The molecule has 1 saturated heterocycles. The zero-order valence-electron chi connectivity index (χ0n) is 15.4. The summed E-state index contributed by atoms with van der Waals surface area (Å²) in [7, 11) is 1.04. The predicted molar refractivity (Wildman–Crippen MR) is 90.5 cm³/mol. The van der Waals surface area contributed by atoms with Gasteiger partial charge in [0.05, 0.1) is 12.1 Å². The summed E-state index contributed by atoms with van der Waals surface area (Å²) in [5, 5.41) is 0.723. The van der Waals surface area contributed by atoms with E-state index in [1.807, 2.05) is 0 Å². The number of rotatable bonds is 3. The van der Waals surface area contributed by atoms with Crippen molar-refractivity contribution < 1.29 is 35.9 Å². The van der Waals surface area contributed by atoms with Gasteiger partial charge in [-0.1, -0.05) is 0 Å². The monoisotopic (exact) mass is 433 g/mol. The van der Waals surface area contributed by atoms with Crippen molar-refractivity contribution in [1.82, 2.24) is 15.4 Å². The molecule has 0 bridgehead atoms. The molecule has 30 heavy (non-hydrogen) atoms. The van der Waals surface area contributed by atoms with Crippen LogP contribution in [-0.2, 0) is 15.8 Å². The Labute approximate surface area is 165 Å². The Hall–Kier alpha value is -3.38. The Morgan fingerprint density at radius 1 is 1.20 bits per heavy atom. The van der Waals surface area contributed by atoms with Gasteiger partial charge in [-0.05, 0) is 25.1 Å². The normalized spacial score (nSPS) is 16.6. The van der Waals surface area contributed by atoms with Gasteiger partial charge >= 0.3 is 6.18 Å². The molecular weight excluding hydrogens is 420 g/mol. The molecule has 2 amide bonds. The molecule has 3 rings (SSSR count). The molecule has 1 fully saturated rings. The maximum atomic E-state index is 14.0. The summed E-state index contributed by atoms with van der Waals surface area (Å²) in [6, 6.07) is 0.636. The van der Waals surface area contributed by atoms with Crippen molar-refractivity contribution in [3.05, 3.63) is 47.0 Å². The zero-order chi connectivity index (χ0) is 22.4. The Balaban J connectivity index is 1.97. The smallest absolute Gasteiger partial charge is 0.311 e. The lowest BCUT2D eigenvalue weighted by Crippen LogP contribution is -2.49. The van der Waals surface area contributed by atoms with Crippen molar-refractivity contribution in [2.24, 2.45) is 0 Å². The largest absolute Gasteiger partial charge is 0.433 e. The average Bonchev–Trinajstić information content (AvgIpc) is 3.06.